The average molecular weight is 538 g/mol. The Bertz CT molecular complexity index is 1400. The smallest absolute Gasteiger partial charge is 0.411 e. The molecule has 5 rings (SSSR count). The van der Waals surface area contributed by atoms with Gasteiger partial charge in [-0.25, -0.2) is 9.59 Å². The number of ether oxygens (including phenoxy) is 2. The molecule has 3 aromatic rings. The first kappa shape index (κ1) is 27.3. The number of nitrogens with zero attached hydrogens (tertiary/aromatic N) is 2. The molecule has 0 unspecified atom stereocenters. The van der Waals surface area contributed by atoms with Gasteiger partial charge in [-0.15, -0.1) is 6.42 Å². The van der Waals surface area contributed by atoms with Crippen molar-refractivity contribution in [3.63, 3.8) is 0 Å². The predicted octanol–water partition coefficient (Wildman–Crippen LogP) is 6.08. The largest absolute Gasteiger partial charge is 0.448 e. The number of carbonyl (C=O) groups is 2. The summed E-state index contributed by atoms with van der Waals surface area (Å²) in [4.78, 5) is 29.2. The highest BCUT2D eigenvalue weighted by Crippen LogP contribution is 2.44. The number of rotatable bonds is 5. The van der Waals surface area contributed by atoms with Gasteiger partial charge in [-0.1, -0.05) is 54.5 Å². The highest BCUT2D eigenvalue weighted by molar-refractivity contribution is 5.85. The van der Waals surface area contributed by atoms with E-state index in [1.807, 2.05) is 57.2 Å². The van der Waals surface area contributed by atoms with Crippen molar-refractivity contribution in [2.75, 3.05) is 38.1 Å². The number of benzene rings is 3. The van der Waals surface area contributed by atoms with Gasteiger partial charge in [0.2, 0.25) is 0 Å². The number of anilines is 1. The minimum atomic E-state index is -0.520. The van der Waals surface area contributed by atoms with Crippen LogP contribution in [0.4, 0.5) is 15.3 Å². The average Bonchev–Trinajstić information content (AvgIpc) is 3.25. The van der Waals surface area contributed by atoms with Gasteiger partial charge in [0.25, 0.3) is 0 Å². The second kappa shape index (κ2) is 11.4. The summed E-state index contributed by atoms with van der Waals surface area (Å²) in [5.41, 5.74) is 6.44. The fraction of sp³-hybridized carbons (Fsp3) is 0.333. The molecule has 1 heterocycles. The van der Waals surface area contributed by atoms with E-state index in [1.54, 1.807) is 11.0 Å². The summed E-state index contributed by atoms with van der Waals surface area (Å²) in [5, 5.41) is 2.87. The number of fused-ring (bicyclic) bond motifs is 3. The third-order valence-electron chi connectivity index (χ3n) is 7.18. The Morgan fingerprint density at radius 3 is 2.17 bits per heavy atom. The van der Waals surface area contributed by atoms with E-state index in [0.29, 0.717) is 44.0 Å². The number of terminal acetylenes is 1. The Morgan fingerprint density at radius 1 is 0.950 bits per heavy atom. The molecule has 0 atom stereocenters. The van der Waals surface area contributed by atoms with Crippen LogP contribution in [0, 0.1) is 12.3 Å². The van der Waals surface area contributed by atoms with Crippen LogP contribution < -0.4 is 5.32 Å². The summed E-state index contributed by atoms with van der Waals surface area (Å²) < 4.78 is 11.2. The summed E-state index contributed by atoms with van der Waals surface area (Å²) in [7, 11) is 0. The maximum absolute atomic E-state index is 12.8. The lowest BCUT2D eigenvalue weighted by molar-refractivity contribution is 0.0139. The van der Waals surface area contributed by atoms with E-state index < -0.39 is 11.7 Å². The van der Waals surface area contributed by atoms with Crippen molar-refractivity contribution < 1.29 is 19.1 Å². The van der Waals surface area contributed by atoms with Crippen LogP contribution in [-0.2, 0) is 16.0 Å². The van der Waals surface area contributed by atoms with Crippen LogP contribution in [0.5, 0.6) is 0 Å². The van der Waals surface area contributed by atoms with Gasteiger partial charge in [-0.3, -0.25) is 10.2 Å². The summed E-state index contributed by atoms with van der Waals surface area (Å²) in [5.74, 6) is 2.67. The lowest BCUT2D eigenvalue weighted by atomic mass is 9.98. The maximum Gasteiger partial charge on any atom is 0.411 e. The van der Waals surface area contributed by atoms with E-state index in [-0.39, 0.29) is 18.6 Å². The van der Waals surface area contributed by atoms with Crippen LogP contribution in [0.2, 0.25) is 0 Å². The molecular formula is C33H35N3O4. The Morgan fingerprint density at radius 2 is 1.57 bits per heavy atom. The molecular weight excluding hydrogens is 502 g/mol. The molecule has 1 saturated heterocycles. The van der Waals surface area contributed by atoms with E-state index in [4.69, 9.17) is 15.9 Å². The predicted molar refractivity (Wildman–Crippen MR) is 156 cm³/mol. The minimum absolute atomic E-state index is 0.00917. The van der Waals surface area contributed by atoms with Crippen LogP contribution in [0.15, 0.2) is 66.7 Å². The van der Waals surface area contributed by atoms with Crippen molar-refractivity contribution in [3.05, 3.63) is 89.0 Å². The molecule has 1 fully saturated rings. The lowest BCUT2D eigenvalue weighted by Gasteiger charge is -2.35. The third kappa shape index (κ3) is 6.30. The molecule has 206 valence electrons. The second-order valence-electron chi connectivity index (χ2n) is 11.3. The van der Waals surface area contributed by atoms with Crippen molar-refractivity contribution >= 4 is 17.9 Å². The van der Waals surface area contributed by atoms with Gasteiger partial charge in [0.05, 0.1) is 0 Å². The lowest BCUT2D eigenvalue weighted by Crippen LogP contribution is -2.49. The van der Waals surface area contributed by atoms with Crippen molar-refractivity contribution in [1.82, 2.24) is 9.80 Å². The van der Waals surface area contributed by atoms with Gasteiger partial charge in [-0.2, -0.15) is 0 Å². The zero-order valence-corrected chi connectivity index (χ0v) is 23.3. The zero-order chi connectivity index (χ0) is 28.3. The minimum Gasteiger partial charge on any atom is -0.448 e. The fourth-order valence-corrected chi connectivity index (χ4v) is 5.36. The first-order valence-corrected chi connectivity index (χ1v) is 13.6. The molecule has 1 aliphatic carbocycles. The van der Waals surface area contributed by atoms with Crippen molar-refractivity contribution in [2.45, 2.75) is 38.8 Å². The molecule has 1 aliphatic heterocycles. The number of amides is 2. The van der Waals surface area contributed by atoms with Crippen LogP contribution in [-0.4, -0.2) is 60.4 Å². The fourth-order valence-electron chi connectivity index (χ4n) is 5.36. The van der Waals surface area contributed by atoms with E-state index in [0.717, 1.165) is 5.56 Å². The van der Waals surface area contributed by atoms with Crippen molar-refractivity contribution in [1.29, 1.82) is 0 Å². The highest BCUT2D eigenvalue weighted by Gasteiger charge is 2.29. The molecule has 0 bridgehead atoms. The number of hydrogen-bond acceptors (Lipinski definition) is 5. The van der Waals surface area contributed by atoms with Crippen LogP contribution >= 0.6 is 0 Å². The molecule has 0 aromatic heterocycles. The first-order chi connectivity index (χ1) is 19.2. The number of nitrogens with one attached hydrogen (secondary N) is 1. The molecule has 7 heteroatoms. The normalized spacial score (nSPS) is 15.1. The summed E-state index contributed by atoms with van der Waals surface area (Å²) in [6, 6.07) is 22.1. The van der Waals surface area contributed by atoms with E-state index >= 15 is 0 Å². The quantitative estimate of drug-likeness (QED) is 0.400. The van der Waals surface area contributed by atoms with Crippen molar-refractivity contribution in [2.24, 2.45) is 0 Å². The third-order valence-corrected chi connectivity index (χ3v) is 7.18. The van der Waals surface area contributed by atoms with Crippen LogP contribution in [0.3, 0.4) is 0 Å². The van der Waals surface area contributed by atoms with E-state index in [2.05, 4.69) is 40.4 Å². The number of hydrogen-bond donors (Lipinski definition) is 1. The Labute approximate surface area is 236 Å². The highest BCUT2D eigenvalue weighted by atomic mass is 16.6. The summed E-state index contributed by atoms with van der Waals surface area (Å²) in [6.07, 6.45) is 4.92. The topological polar surface area (TPSA) is 71.1 Å². The van der Waals surface area contributed by atoms with Crippen LogP contribution in [0.1, 0.15) is 48.9 Å². The zero-order valence-electron chi connectivity index (χ0n) is 23.3. The number of piperazine rings is 1. The summed E-state index contributed by atoms with van der Waals surface area (Å²) >= 11 is 0. The second-order valence-corrected chi connectivity index (χ2v) is 11.3. The maximum atomic E-state index is 12.8. The molecule has 0 radical (unpaired) electrons. The Kier molecular flexibility index (Phi) is 7.81. The molecule has 40 heavy (non-hydrogen) atoms. The van der Waals surface area contributed by atoms with Gasteiger partial charge in [0.15, 0.2) is 0 Å². The van der Waals surface area contributed by atoms with E-state index in [9.17, 15) is 9.59 Å². The molecule has 0 spiro atoms. The molecule has 0 saturated carbocycles. The monoisotopic (exact) mass is 537 g/mol. The molecule has 3 aromatic carbocycles. The molecule has 7 nitrogen and oxygen atoms in total. The Hall–Kier alpha value is -4.28. The molecule has 2 aliphatic rings. The standard InChI is InChI=1S/C33H35N3O4/c1-5-23-18-24(21-35-14-16-36(17-15-35)32(38)40-33(2,3)4)20-25(19-23)34-31(37)39-22-30-28-12-8-6-10-26(28)27-11-7-9-13-29(27)30/h1,6-13,18-20,30H,14-17,21-22H2,2-4H3,(H,34,37). The molecule has 1 N–H and O–H groups in total. The SMILES string of the molecule is C#Cc1cc(CN2CCN(C(=O)OC(C)(C)C)CC2)cc(NC(=O)OCC2c3ccccc3-c3ccccc32)c1. The van der Waals surface area contributed by atoms with Gasteiger partial charge in [0, 0.05) is 49.9 Å². The van der Waals surface area contributed by atoms with Gasteiger partial charge in [0.1, 0.15) is 12.2 Å². The number of carbonyl (C=O) groups excluding carboxylic acids is 2. The van der Waals surface area contributed by atoms with Crippen molar-refractivity contribution in [3.8, 4) is 23.5 Å². The van der Waals surface area contributed by atoms with Gasteiger partial charge in [-0.05, 0) is 66.8 Å². The van der Waals surface area contributed by atoms with E-state index in [1.165, 1.54) is 22.3 Å². The summed E-state index contributed by atoms with van der Waals surface area (Å²) in [6.45, 7) is 9.11. The van der Waals surface area contributed by atoms with Gasteiger partial charge < -0.3 is 14.4 Å². The van der Waals surface area contributed by atoms with Crippen LogP contribution in [0.25, 0.3) is 11.1 Å². The van der Waals surface area contributed by atoms with Gasteiger partial charge >= 0.3 is 12.2 Å². The molecule has 2 amide bonds. The Balaban J connectivity index is 1.19. The first-order valence-electron chi connectivity index (χ1n) is 13.6.